The molecule has 0 aliphatic carbocycles. The van der Waals surface area contributed by atoms with Gasteiger partial charge in [-0.25, -0.2) is 8.42 Å². The van der Waals surface area contributed by atoms with Crippen molar-refractivity contribution < 1.29 is 17.9 Å². The average molecular weight is 390 g/mol. The number of fused-ring (bicyclic) bond motifs is 1. The van der Waals surface area contributed by atoms with Crippen LogP contribution in [0.25, 0.3) is 0 Å². The molecule has 1 aliphatic heterocycles. The van der Waals surface area contributed by atoms with Gasteiger partial charge in [-0.1, -0.05) is 0 Å². The standard InChI is InChI=1S/C13H12BrNO4S2/c1-8-12(7-13(14)20-8)21(16,17)15-9-2-3-10-11(6-9)19-5-4-18-10/h2-3,6-7,15H,4-5H2,1H3. The molecule has 3 rings (SSSR count). The van der Waals surface area contributed by atoms with Crippen LogP contribution in [-0.2, 0) is 10.0 Å². The van der Waals surface area contributed by atoms with E-state index in [0.717, 1.165) is 8.66 Å². The van der Waals surface area contributed by atoms with E-state index < -0.39 is 10.0 Å². The number of thiophene rings is 1. The van der Waals surface area contributed by atoms with Crippen LogP contribution in [0.3, 0.4) is 0 Å². The van der Waals surface area contributed by atoms with E-state index in [1.54, 1.807) is 31.2 Å². The highest BCUT2D eigenvalue weighted by Gasteiger charge is 2.21. The van der Waals surface area contributed by atoms with Crippen molar-refractivity contribution in [3.8, 4) is 11.5 Å². The van der Waals surface area contributed by atoms with Gasteiger partial charge in [-0.2, -0.15) is 0 Å². The number of nitrogens with one attached hydrogen (secondary N) is 1. The van der Waals surface area contributed by atoms with Crippen LogP contribution in [0.1, 0.15) is 4.88 Å². The van der Waals surface area contributed by atoms with E-state index in [9.17, 15) is 8.42 Å². The summed E-state index contributed by atoms with van der Waals surface area (Å²) in [5.41, 5.74) is 0.445. The Hall–Kier alpha value is -1.25. The van der Waals surface area contributed by atoms with E-state index in [4.69, 9.17) is 9.47 Å². The van der Waals surface area contributed by atoms with Crippen molar-refractivity contribution in [3.05, 3.63) is 32.9 Å². The number of ether oxygens (including phenoxy) is 2. The summed E-state index contributed by atoms with van der Waals surface area (Å²) < 4.78 is 39.0. The smallest absolute Gasteiger partial charge is 0.263 e. The molecule has 2 aromatic rings. The number of hydrogen-bond donors (Lipinski definition) is 1. The second kappa shape index (κ2) is 5.51. The zero-order valence-electron chi connectivity index (χ0n) is 11.1. The van der Waals surface area contributed by atoms with Gasteiger partial charge in [-0.05, 0) is 41.1 Å². The third-order valence-electron chi connectivity index (χ3n) is 2.93. The molecule has 0 fully saturated rings. The second-order valence-corrected chi connectivity index (χ2v) is 8.72. The van der Waals surface area contributed by atoms with Crippen molar-refractivity contribution in [2.45, 2.75) is 11.8 Å². The first-order valence-corrected chi connectivity index (χ1v) is 9.23. The highest BCUT2D eigenvalue weighted by molar-refractivity contribution is 9.11. The lowest BCUT2D eigenvalue weighted by atomic mass is 10.3. The van der Waals surface area contributed by atoms with Crippen molar-refractivity contribution in [1.82, 2.24) is 0 Å². The third-order valence-corrected chi connectivity index (χ3v) is 6.12. The van der Waals surface area contributed by atoms with Gasteiger partial charge in [0, 0.05) is 10.9 Å². The second-order valence-electron chi connectivity index (χ2n) is 4.43. The molecule has 1 aliphatic rings. The Kier molecular flexibility index (Phi) is 3.85. The molecule has 0 amide bonds. The highest BCUT2D eigenvalue weighted by atomic mass is 79.9. The molecule has 1 aromatic heterocycles. The van der Waals surface area contributed by atoms with E-state index in [1.807, 2.05) is 0 Å². The molecule has 0 spiro atoms. The Labute approximate surface area is 135 Å². The Morgan fingerprint density at radius 1 is 1.19 bits per heavy atom. The molecule has 2 heterocycles. The quantitative estimate of drug-likeness (QED) is 0.873. The lowest BCUT2D eigenvalue weighted by Gasteiger charge is -2.19. The highest BCUT2D eigenvalue weighted by Crippen LogP contribution is 2.35. The molecule has 5 nitrogen and oxygen atoms in total. The zero-order valence-corrected chi connectivity index (χ0v) is 14.3. The van der Waals surface area contributed by atoms with E-state index in [2.05, 4.69) is 20.7 Å². The molecule has 0 saturated carbocycles. The molecule has 8 heteroatoms. The minimum atomic E-state index is -3.62. The van der Waals surface area contributed by atoms with Crippen LogP contribution in [0, 0.1) is 6.92 Å². The van der Waals surface area contributed by atoms with Crippen molar-refractivity contribution in [2.75, 3.05) is 17.9 Å². The average Bonchev–Trinajstić information content (AvgIpc) is 2.78. The molecule has 1 aromatic carbocycles. The van der Waals surface area contributed by atoms with Gasteiger partial charge in [0.05, 0.1) is 9.47 Å². The van der Waals surface area contributed by atoms with Gasteiger partial charge in [-0.3, -0.25) is 4.72 Å². The summed E-state index contributed by atoms with van der Waals surface area (Å²) in [6, 6.07) is 6.58. The fourth-order valence-electron chi connectivity index (χ4n) is 2.01. The van der Waals surface area contributed by atoms with E-state index in [1.165, 1.54) is 11.3 Å². The van der Waals surface area contributed by atoms with Crippen LogP contribution in [0.15, 0.2) is 32.9 Å². The summed E-state index contributed by atoms with van der Waals surface area (Å²) in [7, 11) is -3.62. The third kappa shape index (κ3) is 3.02. The summed E-state index contributed by atoms with van der Waals surface area (Å²) in [6.45, 7) is 2.73. The van der Waals surface area contributed by atoms with Crippen LogP contribution in [0.5, 0.6) is 11.5 Å². The Bertz CT molecular complexity index is 785. The summed E-state index contributed by atoms with van der Waals surface area (Å²) >= 11 is 4.68. The Balaban J connectivity index is 1.90. The van der Waals surface area contributed by atoms with E-state index in [-0.39, 0.29) is 4.90 Å². The summed E-state index contributed by atoms with van der Waals surface area (Å²) in [5, 5.41) is 0. The van der Waals surface area contributed by atoms with Crippen molar-refractivity contribution in [3.63, 3.8) is 0 Å². The number of rotatable bonds is 3. The van der Waals surface area contributed by atoms with Crippen LogP contribution < -0.4 is 14.2 Å². The SMILES string of the molecule is Cc1sc(Br)cc1S(=O)(=O)Nc1ccc2c(c1)OCCO2. The molecule has 0 unspecified atom stereocenters. The van der Waals surface area contributed by atoms with Crippen LogP contribution in [0.2, 0.25) is 0 Å². The molecule has 0 radical (unpaired) electrons. The number of halogens is 1. The zero-order chi connectivity index (χ0) is 15.0. The molecule has 1 N–H and O–H groups in total. The summed E-state index contributed by atoms with van der Waals surface area (Å²) in [5.74, 6) is 1.17. The molecule has 0 saturated heterocycles. The fourth-order valence-corrected chi connectivity index (χ4v) is 5.48. The van der Waals surface area contributed by atoms with Crippen molar-refractivity contribution in [1.29, 1.82) is 0 Å². The molecular weight excluding hydrogens is 378 g/mol. The van der Waals surface area contributed by atoms with E-state index in [0.29, 0.717) is 30.4 Å². The van der Waals surface area contributed by atoms with Crippen LogP contribution >= 0.6 is 27.3 Å². The maximum atomic E-state index is 12.4. The lowest BCUT2D eigenvalue weighted by Crippen LogP contribution is -2.16. The first kappa shape index (κ1) is 14.7. The predicted octanol–water partition coefficient (Wildman–Crippen LogP) is 3.39. The number of benzene rings is 1. The molecule has 0 bridgehead atoms. The Morgan fingerprint density at radius 2 is 1.90 bits per heavy atom. The van der Waals surface area contributed by atoms with Gasteiger partial charge < -0.3 is 9.47 Å². The van der Waals surface area contributed by atoms with Crippen molar-refractivity contribution >= 4 is 43.0 Å². The Morgan fingerprint density at radius 3 is 2.57 bits per heavy atom. The lowest BCUT2D eigenvalue weighted by molar-refractivity contribution is 0.171. The van der Waals surface area contributed by atoms with Gasteiger partial charge in [0.1, 0.15) is 18.1 Å². The van der Waals surface area contributed by atoms with Crippen LogP contribution in [-0.4, -0.2) is 21.6 Å². The molecule has 0 atom stereocenters. The number of sulfonamides is 1. The number of hydrogen-bond acceptors (Lipinski definition) is 5. The normalized spacial score (nSPS) is 14.0. The first-order valence-electron chi connectivity index (χ1n) is 6.14. The largest absolute Gasteiger partial charge is 0.486 e. The molecule has 112 valence electrons. The minimum Gasteiger partial charge on any atom is -0.486 e. The van der Waals surface area contributed by atoms with E-state index >= 15 is 0 Å². The maximum absolute atomic E-state index is 12.4. The minimum absolute atomic E-state index is 0.272. The van der Waals surface area contributed by atoms with Gasteiger partial charge in [0.2, 0.25) is 0 Å². The van der Waals surface area contributed by atoms with Gasteiger partial charge in [-0.15, -0.1) is 11.3 Å². The number of anilines is 1. The van der Waals surface area contributed by atoms with Crippen molar-refractivity contribution in [2.24, 2.45) is 0 Å². The van der Waals surface area contributed by atoms with Crippen LogP contribution in [0.4, 0.5) is 5.69 Å². The van der Waals surface area contributed by atoms with Gasteiger partial charge >= 0.3 is 0 Å². The summed E-state index contributed by atoms with van der Waals surface area (Å²) in [6.07, 6.45) is 0. The fraction of sp³-hybridized carbons (Fsp3) is 0.231. The topological polar surface area (TPSA) is 64.6 Å². The van der Waals surface area contributed by atoms with Gasteiger partial charge in [0.15, 0.2) is 11.5 Å². The molecule has 21 heavy (non-hydrogen) atoms. The molecular formula is C13H12BrNO4S2. The van der Waals surface area contributed by atoms with Gasteiger partial charge in [0.25, 0.3) is 10.0 Å². The number of aryl methyl sites for hydroxylation is 1. The monoisotopic (exact) mass is 389 g/mol. The maximum Gasteiger partial charge on any atom is 0.263 e. The predicted molar refractivity (Wildman–Crippen MR) is 85.0 cm³/mol. The summed E-state index contributed by atoms with van der Waals surface area (Å²) in [4.78, 5) is 1.00. The first-order chi connectivity index (χ1) is 9.95.